The molecule has 4 atom stereocenters. The highest BCUT2D eigenvalue weighted by molar-refractivity contribution is 5.99. The van der Waals surface area contributed by atoms with Crippen LogP contribution in [0.2, 0.25) is 0 Å². The van der Waals surface area contributed by atoms with E-state index in [-0.39, 0.29) is 25.7 Å². The van der Waals surface area contributed by atoms with Gasteiger partial charge in [0.2, 0.25) is 12.9 Å². The number of hydrogen-bond donors (Lipinski definition) is 2. The molecule has 0 aromatic heterocycles. The molecule has 2 aromatic carbocycles. The molecule has 0 heterocycles. The number of alkyl halides is 6. The summed E-state index contributed by atoms with van der Waals surface area (Å²) in [5, 5.41) is 4.11. The Hall–Kier alpha value is -6.55. The average Bonchev–Trinajstić information content (AvgIpc) is 4.16. The van der Waals surface area contributed by atoms with Crippen molar-refractivity contribution in [3.63, 3.8) is 0 Å². The lowest BCUT2D eigenvalue weighted by Gasteiger charge is -2.30. The van der Waals surface area contributed by atoms with Gasteiger partial charge in [0.15, 0.2) is 5.54 Å². The Kier molecular flexibility index (Phi) is 20.3. The first-order chi connectivity index (χ1) is 30.7. The number of benzene rings is 2. The Labute approximate surface area is 376 Å². The number of methoxy groups -OCH3 is 3. The number of esters is 3. The first-order valence-electron chi connectivity index (χ1n) is 19.7. The lowest BCUT2D eigenvalue weighted by Crippen LogP contribution is -2.54. The topological polar surface area (TPSA) is 211 Å². The maximum atomic E-state index is 13.3. The number of imide groups is 1. The summed E-state index contributed by atoms with van der Waals surface area (Å²) in [6.45, 7) is 9.27. The Bertz CT molecular complexity index is 2010. The van der Waals surface area contributed by atoms with Crippen molar-refractivity contribution >= 4 is 42.3 Å². The molecule has 0 aliphatic heterocycles. The SMILES string of the molecule is COC(=O)/C(=C\C(F)F)NC(=O)OCc1ccccc1.COC(=O)[C@@]1(N(C(=O)OCc2ccccc2)C(=O)OC(C)(C)C)CC1C(F)F.COC(=O)[C@]1(NC(=O)OC(C)(C)C)C[C@H]1C(F)F. The third-order valence-electron chi connectivity index (χ3n) is 8.93. The number of nitrogens with zero attached hydrogens (tertiary/aromatic N) is 1. The molecule has 2 N–H and O–H groups in total. The van der Waals surface area contributed by atoms with E-state index in [1.54, 1.807) is 102 Å². The smallest absolute Gasteiger partial charge is 0.420 e. The van der Waals surface area contributed by atoms with Gasteiger partial charge < -0.3 is 38.5 Å². The van der Waals surface area contributed by atoms with Crippen molar-refractivity contribution in [2.45, 2.75) is 109 Å². The quantitative estimate of drug-likeness (QED) is 0.0853. The second-order valence-corrected chi connectivity index (χ2v) is 16.2. The van der Waals surface area contributed by atoms with E-state index in [4.69, 9.17) is 18.9 Å². The van der Waals surface area contributed by atoms with Crippen LogP contribution in [0, 0.1) is 11.8 Å². The lowest BCUT2D eigenvalue weighted by molar-refractivity contribution is -0.149. The average molecular weight is 950 g/mol. The number of ether oxygens (including phenoxy) is 7. The van der Waals surface area contributed by atoms with E-state index in [0.29, 0.717) is 10.5 Å². The van der Waals surface area contributed by atoms with Crippen molar-refractivity contribution < 1.29 is 93.1 Å². The van der Waals surface area contributed by atoms with Gasteiger partial charge in [-0.3, -0.25) is 5.32 Å². The minimum absolute atomic E-state index is 0.0458. The number of allylic oxidation sites excluding steroid dienone is 1. The fourth-order valence-corrected chi connectivity index (χ4v) is 5.78. The molecule has 2 aliphatic carbocycles. The molecule has 2 fully saturated rings. The summed E-state index contributed by atoms with van der Waals surface area (Å²) >= 11 is 0. The van der Waals surface area contributed by atoms with Crippen LogP contribution >= 0.6 is 0 Å². The molecule has 0 bridgehead atoms. The summed E-state index contributed by atoms with van der Waals surface area (Å²) in [4.78, 5) is 83.5. The van der Waals surface area contributed by atoms with Gasteiger partial charge in [-0.15, -0.1) is 0 Å². The summed E-state index contributed by atoms with van der Waals surface area (Å²) < 4.78 is 110. The van der Waals surface area contributed by atoms with Crippen LogP contribution in [0.5, 0.6) is 0 Å². The molecular weight excluding hydrogens is 896 g/mol. The standard InChI is InChI=1S/C19H23F2NO6.C13H13F2NO4.C11H17F2NO4/c1-18(2,3)28-17(25)22(16(24)27-11-12-8-6-5-7-9-12)19(15(23)26-4)10-13(19)14(20)21;1-19-12(17)10(7-11(14)15)16-13(18)20-8-9-5-3-2-4-6-9;1-10(2,3)18-9(16)14-11(8(15)17-4)5-6(11)7(12)13/h5-9,13-14H,10-11H2,1-4H3;2-7,11H,8H2,1H3,(H,16,18);6-7H,5H2,1-4H3,(H,14,16)/b;10-7+;/t13?,19-;;6-,11-/m1.0/s1. The molecule has 366 valence electrons. The summed E-state index contributed by atoms with van der Waals surface area (Å²) in [6.07, 6.45) is -13.3. The van der Waals surface area contributed by atoms with E-state index in [0.717, 1.165) is 26.9 Å². The van der Waals surface area contributed by atoms with Gasteiger partial charge in [-0.2, -0.15) is 4.90 Å². The van der Waals surface area contributed by atoms with Crippen LogP contribution in [0.15, 0.2) is 72.4 Å². The van der Waals surface area contributed by atoms with Crippen molar-refractivity contribution in [2.75, 3.05) is 21.3 Å². The highest BCUT2D eigenvalue weighted by atomic mass is 19.3. The Balaban J connectivity index is 0.000000351. The van der Waals surface area contributed by atoms with Crippen LogP contribution in [-0.2, 0) is 60.8 Å². The zero-order valence-electron chi connectivity index (χ0n) is 37.5. The molecule has 66 heavy (non-hydrogen) atoms. The van der Waals surface area contributed by atoms with Gasteiger partial charge in [-0.25, -0.2) is 59.9 Å². The Morgan fingerprint density at radius 2 is 1.14 bits per heavy atom. The summed E-state index contributed by atoms with van der Waals surface area (Å²) in [6, 6.07) is 17.3. The summed E-state index contributed by atoms with van der Waals surface area (Å²) in [7, 11) is 3.09. The first kappa shape index (κ1) is 55.6. The molecule has 2 saturated carbocycles. The molecule has 0 radical (unpaired) electrons. The normalized spacial score (nSPS) is 19.6. The number of nitrogens with one attached hydrogen (secondary N) is 2. The summed E-state index contributed by atoms with van der Waals surface area (Å²) in [5.74, 6) is -5.87. The Morgan fingerprint density at radius 1 is 0.652 bits per heavy atom. The fraction of sp³-hybridized carbons (Fsp3) is 0.512. The molecule has 2 aromatic rings. The van der Waals surface area contributed by atoms with Gasteiger partial charge in [0.1, 0.15) is 35.7 Å². The molecular formula is C43H53F6N3O14. The third-order valence-corrected chi connectivity index (χ3v) is 8.93. The largest absolute Gasteiger partial charge is 0.467 e. The zero-order valence-corrected chi connectivity index (χ0v) is 37.5. The molecule has 2 aliphatic rings. The number of halogens is 6. The van der Waals surface area contributed by atoms with Gasteiger partial charge in [0.25, 0.3) is 6.43 Å². The second-order valence-electron chi connectivity index (χ2n) is 16.2. The minimum atomic E-state index is -2.94. The highest BCUT2D eigenvalue weighted by Gasteiger charge is 2.73. The van der Waals surface area contributed by atoms with Gasteiger partial charge in [-0.05, 0) is 65.5 Å². The maximum absolute atomic E-state index is 13.3. The summed E-state index contributed by atoms with van der Waals surface area (Å²) in [5.41, 5.74) is -4.92. The van der Waals surface area contributed by atoms with Gasteiger partial charge in [0, 0.05) is 6.08 Å². The lowest BCUT2D eigenvalue weighted by atomic mass is 10.1. The monoisotopic (exact) mass is 949 g/mol. The van der Waals surface area contributed by atoms with E-state index >= 15 is 0 Å². The molecule has 4 amide bonds. The van der Waals surface area contributed by atoms with Crippen LogP contribution < -0.4 is 10.6 Å². The Morgan fingerprint density at radius 3 is 1.53 bits per heavy atom. The van der Waals surface area contributed by atoms with Gasteiger partial charge in [0.05, 0.1) is 33.2 Å². The first-order valence-corrected chi connectivity index (χ1v) is 19.7. The van der Waals surface area contributed by atoms with Gasteiger partial charge in [-0.1, -0.05) is 60.7 Å². The molecule has 4 rings (SSSR count). The van der Waals surface area contributed by atoms with E-state index < -0.39 is 108 Å². The van der Waals surface area contributed by atoms with Crippen LogP contribution in [-0.4, -0.2) is 110 Å². The second kappa shape index (κ2) is 24.1. The number of carbonyl (C=O) groups is 7. The van der Waals surface area contributed by atoms with E-state index in [1.165, 1.54) is 0 Å². The van der Waals surface area contributed by atoms with Crippen LogP contribution in [0.1, 0.15) is 65.5 Å². The number of carbonyl (C=O) groups excluding carboxylic acids is 7. The molecule has 23 heteroatoms. The number of alkyl carbamates (subject to hydrolysis) is 2. The molecule has 17 nitrogen and oxygen atoms in total. The van der Waals surface area contributed by atoms with Crippen molar-refractivity contribution in [1.82, 2.24) is 15.5 Å². The third kappa shape index (κ3) is 16.8. The molecule has 0 spiro atoms. The van der Waals surface area contributed by atoms with Crippen molar-refractivity contribution in [3.05, 3.63) is 83.6 Å². The number of rotatable bonds is 13. The van der Waals surface area contributed by atoms with Crippen LogP contribution in [0.25, 0.3) is 0 Å². The predicted octanol–water partition coefficient (Wildman–Crippen LogP) is 7.70. The van der Waals surface area contributed by atoms with Gasteiger partial charge >= 0.3 is 42.3 Å². The van der Waals surface area contributed by atoms with Crippen molar-refractivity contribution in [1.29, 1.82) is 0 Å². The van der Waals surface area contributed by atoms with E-state index in [9.17, 15) is 59.9 Å². The van der Waals surface area contributed by atoms with E-state index in [1.807, 2.05) is 5.32 Å². The highest BCUT2D eigenvalue weighted by Crippen LogP contribution is 2.53. The predicted molar refractivity (Wildman–Crippen MR) is 218 cm³/mol. The number of amides is 4. The van der Waals surface area contributed by atoms with Crippen LogP contribution in [0.4, 0.5) is 45.5 Å². The van der Waals surface area contributed by atoms with Crippen molar-refractivity contribution in [3.8, 4) is 0 Å². The van der Waals surface area contributed by atoms with E-state index in [2.05, 4.69) is 19.5 Å². The maximum Gasteiger partial charge on any atom is 0.420 e. The fourth-order valence-electron chi connectivity index (χ4n) is 5.78. The zero-order chi connectivity index (χ0) is 50.2. The van der Waals surface area contributed by atoms with Crippen LogP contribution in [0.3, 0.4) is 0 Å². The minimum Gasteiger partial charge on any atom is -0.467 e. The van der Waals surface area contributed by atoms with Crippen molar-refractivity contribution in [2.24, 2.45) is 11.8 Å². The molecule has 1 unspecified atom stereocenters. The number of hydrogen-bond acceptors (Lipinski definition) is 14. The molecule has 0 saturated heterocycles.